The van der Waals surface area contributed by atoms with Crippen LogP contribution in [0, 0.1) is 5.41 Å². The molecule has 1 amide bonds. The van der Waals surface area contributed by atoms with E-state index in [0.717, 1.165) is 38.2 Å². The van der Waals surface area contributed by atoms with Gasteiger partial charge in [0.25, 0.3) is 0 Å². The number of hydrogen-bond donors (Lipinski definition) is 2. The third kappa shape index (κ3) is 4.44. The van der Waals surface area contributed by atoms with Gasteiger partial charge in [0.1, 0.15) is 0 Å². The van der Waals surface area contributed by atoms with E-state index in [2.05, 4.69) is 12.2 Å². The van der Waals surface area contributed by atoms with Crippen LogP contribution in [0.3, 0.4) is 0 Å². The molecule has 0 bridgehead atoms. The maximum atomic E-state index is 11.2. The molecule has 0 aromatic heterocycles. The Morgan fingerprint density at radius 2 is 2.00 bits per heavy atom. The summed E-state index contributed by atoms with van der Waals surface area (Å²) >= 11 is 0. The van der Waals surface area contributed by atoms with E-state index < -0.39 is 5.97 Å². The molecule has 5 nitrogen and oxygen atoms in total. The van der Waals surface area contributed by atoms with Gasteiger partial charge in [0.15, 0.2) is 0 Å². The zero-order chi connectivity index (χ0) is 12.0. The Balaban J connectivity index is 2.32. The number of carbonyl (C=O) groups excluding carboxylic acids is 1. The normalized spacial score (nSPS) is 19.6. The zero-order valence-corrected chi connectivity index (χ0v) is 9.36. The van der Waals surface area contributed by atoms with Crippen molar-refractivity contribution in [2.24, 2.45) is 5.41 Å². The van der Waals surface area contributed by atoms with Gasteiger partial charge < -0.3 is 15.2 Å². The number of aliphatic carboxylic acids is 1. The van der Waals surface area contributed by atoms with Gasteiger partial charge >= 0.3 is 5.97 Å². The van der Waals surface area contributed by atoms with Crippen LogP contribution in [0.25, 0.3) is 0 Å². The van der Waals surface area contributed by atoms with Crippen molar-refractivity contribution in [3.05, 3.63) is 12.2 Å². The summed E-state index contributed by atoms with van der Waals surface area (Å²) in [6, 6.07) is 0. The number of carboxylic acid groups (broad SMARTS) is 1. The zero-order valence-electron chi connectivity index (χ0n) is 9.36. The van der Waals surface area contributed by atoms with E-state index in [1.807, 2.05) is 0 Å². The van der Waals surface area contributed by atoms with Gasteiger partial charge in [0.05, 0.1) is 0 Å². The molecule has 0 radical (unpaired) electrons. The lowest BCUT2D eigenvalue weighted by molar-refractivity contribution is -0.131. The molecule has 16 heavy (non-hydrogen) atoms. The second-order valence-electron chi connectivity index (χ2n) is 4.31. The average molecular weight is 227 g/mol. The van der Waals surface area contributed by atoms with Crippen molar-refractivity contribution in [1.29, 1.82) is 0 Å². The molecule has 5 heteroatoms. The highest BCUT2D eigenvalue weighted by atomic mass is 16.5. The monoisotopic (exact) mass is 227 g/mol. The predicted octanol–water partition coefficient (Wildman–Crippen LogP) is 0.560. The van der Waals surface area contributed by atoms with Gasteiger partial charge in [-0.1, -0.05) is 6.92 Å². The number of nitrogens with one attached hydrogen (secondary N) is 1. The van der Waals surface area contributed by atoms with Crippen LogP contribution in [-0.2, 0) is 14.3 Å². The molecular weight excluding hydrogens is 210 g/mol. The van der Waals surface area contributed by atoms with Crippen molar-refractivity contribution in [3.63, 3.8) is 0 Å². The molecule has 1 aliphatic heterocycles. The number of ether oxygens (including phenoxy) is 1. The fourth-order valence-electron chi connectivity index (χ4n) is 1.55. The second-order valence-corrected chi connectivity index (χ2v) is 4.31. The Morgan fingerprint density at radius 1 is 1.38 bits per heavy atom. The van der Waals surface area contributed by atoms with Crippen molar-refractivity contribution in [3.8, 4) is 0 Å². The topological polar surface area (TPSA) is 75.6 Å². The van der Waals surface area contributed by atoms with Crippen molar-refractivity contribution in [2.45, 2.75) is 19.8 Å². The largest absolute Gasteiger partial charge is 0.478 e. The van der Waals surface area contributed by atoms with E-state index in [9.17, 15) is 9.59 Å². The fourth-order valence-corrected chi connectivity index (χ4v) is 1.55. The quantitative estimate of drug-likeness (QED) is 0.688. The van der Waals surface area contributed by atoms with Gasteiger partial charge in [-0.3, -0.25) is 4.79 Å². The summed E-state index contributed by atoms with van der Waals surface area (Å²) < 4.78 is 5.25. The number of rotatable bonds is 4. The Bertz CT molecular complexity index is 292. The van der Waals surface area contributed by atoms with Crippen LogP contribution in [0.15, 0.2) is 12.2 Å². The molecule has 1 heterocycles. The summed E-state index contributed by atoms with van der Waals surface area (Å²) in [6.07, 6.45) is 3.69. The predicted molar refractivity (Wildman–Crippen MR) is 57.9 cm³/mol. The summed E-state index contributed by atoms with van der Waals surface area (Å²) in [5, 5.41) is 11.1. The minimum Gasteiger partial charge on any atom is -0.478 e. The second kappa shape index (κ2) is 5.65. The molecular formula is C11H17NO4. The summed E-state index contributed by atoms with van der Waals surface area (Å²) in [7, 11) is 0. The van der Waals surface area contributed by atoms with E-state index >= 15 is 0 Å². The van der Waals surface area contributed by atoms with Crippen molar-refractivity contribution in [2.75, 3.05) is 19.8 Å². The van der Waals surface area contributed by atoms with Crippen molar-refractivity contribution >= 4 is 11.9 Å². The lowest BCUT2D eigenvalue weighted by Gasteiger charge is -2.33. The van der Waals surface area contributed by atoms with Crippen LogP contribution in [-0.4, -0.2) is 36.7 Å². The molecule has 1 rings (SSSR count). The Kier molecular flexibility index (Phi) is 4.49. The van der Waals surface area contributed by atoms with E-state index in [0.29, 0.717) is 6.54 Å². The molecule has 0 aliphatic carbocycles. The number of carbonyl (C=O) groups is 2. The van der Waals surface area contributed by atoms with Crippen LogP contribution >= 0.6 is 0 Å². The number of amides is 1. The molecule has 90 valence electrons. The maximum Gasteiger partial charge on any atom is 0.328 e. The standard InChI is InChI=1S/C11H17NO4/c1-11(4-6-16-7-5-11)8-12-9(13)2-3-10(14)15/h2-3H,4-8H2,1H3,(H,12,13)(H,14,15)/b3-2+. The third-order valence-corrected chi connectivity index (χ3v) is 2.77. The van der Waals surface area contributed by atoms with Gasteiger partial charge in [-0.2, -0.15) is 0 Å². The van der Waals surface area contributed by atoms with E-state index in [4.69, 9.17) is 9.84 Å². The first-order chi connectivity index (χ1) is 7.52. The highest BCUT2D eigenvalue weighted by Gasteiger charge is 2.27. The minimum absolute atomic E-state index is 0.0605. The van der Waals surface area contributed by atoms with Crippen LogP contribution < -0.4 is 5.32 Å². The van der Waals surface area contributed by atoms with Crippen LogP contribution in [0.5, 0.6) is 0 Å². The summed E-state index contributed by atoms with van der Waals surface area (Å²) in [6.45, 7) is 4.09. The SMILES string of the molecule is CC1(CNC(=O)/C=C/C(=O)O)CCOCC1. The lowest BCUT2D eigenvalue weighted by Crippen LogP contribution is -2.38. The molecule has 0 aromatic rings. The van der Waals surface area contributed by atoms with Crippen LogP contribution in [0.4, 0.5) is 0 Å². The molecule has 0 atom stereocenters. The average Bonchev–Trinajstić information content (AvgIpc) is 2.25. The number of carboxylic acids is 1. The first-order valence-corrected chi connectivity index (χ1v) is 5.28. The molecule has 0 saturated carbocycles. The Hall–Kier alpha value is -1.36. The molecule has 0 spiro atoms. The van der Waals surface area contributed by atoms with Gasteiger partial charge in [-0.25, -0.2) is 4.79 Å². The summed E-state index contributed by atoms with van der Waals surface area (Å²) in [4.78, 5) is 21.4. The fraction of sp³-hybridized carbons (Fsp3) is 0.636. The van der Waals surface area contributed by atoms with Crippen LogP contribution in [0.2, 0.25) is 0 Å². The Labute approximate surface area is 94.5 Å². The highest BCUT2D eigenvalue weighted by molar-refractivity contribution is 5.93. The smallest absolute Gasteiger partial charge is 0.328 e. The maximum absolute atomic E-state index is 11.2. The highest BCUT2D eigenvalue weighted by Crippen LogP contribution is 2.28. The lowest BCUT2D eigenvalue weighted by atomic mass is 9.82. The van der Waals surface area contributed by atoms with Gasteiger partial charge in [0, 0.05) is 31.9 Å². The van der Waals surface area contributed by atoms with Gasteiger partial charge in [-0.05, 0) is 18.3 Å². The third-order valence-electron chi connectivity index (χ3n) is 2.77. The van der Waals surface area contributed by atoms with E-state index in [1.54, 1.807) is 0 Å². The number of hydrogen-bond acceptors (Lipinski definition) is 3. The van der Waals surface area contributed by atoms with Gasteiger partial charge in [-0.15, -0.1) is 0 Å². The molecule has 0 unspecified atom stereocenters. The van der Waals surface area contributed by atoms with Crippen molar-refractivity contribution < 1.29 is 19.4 Å². The first-order valence-electron chi connectivity index (χ1n) is 5.28. The molecule has 2 N–H and O–H groups in total. The van der Waals surface area contributed by atoms with Crippen molar-refractivity contribution in [1.82, 2.24) is 5.32 Å². The molecule has 1 aliphatic rings. The first kappa shape index (κ1) is 12.7. The molecule has 1 saturated heterocycles. The van der Waals surface area contributed by atoms with E-state index in [-0.39, 0.29) is 11.3 Å². The molecule has 0 aromatic carbocycles. The Morgan fingerprint density at radius 3 is 2.56 bits per heavy atom. The summed E-state index contributed by atoms with van der Waals surface area (Å²) in [5.41, 5.74) is 0.0605. The van der Waals surface area contributed by atoms with E-state index in [1.165, 1.54) is 0 Å². The van der Waals surface area contributed by atoms with Gasteiger partial charge in [0.2, 0.25) is 5.91 Å². The minimum atomic E-state index is -1.12. The molecule has 1 fully saturated rings. The van der Waals surface area contributed by atoms with Crippen LogP contribution in [0.1, 0.15) is 19.8 Å². The summed E-state index contributed by atoms with van der Waals surface area (Å²) in [5.74, 6) is -1.48.